The molecule has 2 N–H and O–H groups in total. The van der Waals surface area contributed by atoms with Crippen molar-refractivity contribution in [1.29, 1.82) is 0 Å². The van der Waals surface area contributed by atoms with Gasteiger partial charge in [-0.15, -0.1) is 0 Å². The Balaban J connectivity index is 2.09. The van der Waals surface area contributed by atoms with E-state index < -0.39 is 5.60 Å². The second-order valence-electron chi connectivity index (χ2n) is 6.62. The zero-order valence-corrected chi connectivity index (χ0v) is 14.5. The third kappa shape index (κ3) is 2.19. The van der Waals surface area contributed by atoms with Crippen LogP contribution < -0.4 is 0 Å². The Morgan fingerprint density at radius 3 is 2.35 bits per heavy atom. The van der Waals surface area contributed by atoms with E-state index in [-0.39, 0.29) is 17.5 Å². The molecule has 0 aliphatic carbocycles. The van der Waals surface area contributed by atoms with Crippen LogP contribution in [-0.4, -0.2) is 16.2 Å². The molecule has 3 aromatic carbocycles. The maximum Gasteiger partial charge on any atom is 0.340 e. The summed E-state index contributed by atoms with van der Waals surface area (Å²) in [6.07, 6.45) is 0. The van der Waals surface area contributed by atoms with E-state index in [1.54, 1.807) is 43.3 Å². The fourth-order valence-corrected chi connectivity index (χ4v) is 3.70. The summed E-state index contributed by atoms with van der Waals surface area (Å²) in [6.45, 7) is 3.68. The fraction of sp³-hybridized carbons (Fsp3) is 0.136. The Morgan fingerprint density at radius 2 is 1.62 bits per heavy atom. The Morgan fingerprint density at radius 1 is 0.846 bits per heavy atom. The minimum Gasteiger partial charge on any atom is -0.508 e. The Bertz CT molecular complexity index is 1040. The van der Waals surface area contributed by atoms with Crippen LogP contribution in [0.25, 0.3) is 0 Å². The predicted molar refractivity (Wildman–Crippen MR) is 97.4 cm³/mol. The molecular weight excluding hydrogens is 328 g/mol. The topological polar surface area (TPSA) is 66.8 Å². The molecule has 1 unspecified atom stereocenters. The van der Waals surface area contributed by atoms with Crippen LogP contribution in [0.15, 0.2) is 60.7 Å². The predicted octanol–water partition coefficient (Wildman–Crippen LogP) is 4.18. The summed E-state index contributed by atoms with van der Waals surface area (Å²) >= 11 is 0. The third-order valence-corrected chi connectivity index (χ3v) is 4.96. The Kier molecular flexibility index (Phi) is 3.51. The zero-order chi connectivity index (χ0) is 18.5. The van der Waals surface area contributed by atoms with Crippen LogP contribution in [0.2, 0.25) is 0 Å². The number of fused-ring (bicyclic) bond motifs is 1. The molecular formula is C22H18O4. The third-order valence-electron chi connectivity index (χ3n) is 4.96. The van der Waals surface area contributed by atoms with Crippen LogP contribution in [0, 0.1) is 13.8 Å². The minimum absolute atomic E-state index is 0.154. The molecule has 0 amide bonds. The highest BCUT2D eigenvalue weighted by Gasteiger charge is 2.49. The smallest absolute Gasteiger partial charge is 0.340 e. The number of esters is 1. The number of ether oxygens (including phenoxy) is 1. The summed E-state index contributed by atoms with van der Waals surface area (Å²) in [6, 6.07) is 17.5. The molecule has 130 valence electrons. The van der Waals surface area contributed by atoms with Gasteiger partial charge in [-0.1, -0.05) is 30.3 Å². The summed E-state index contributed by atoms with van der Waals surface area (Å²) in [5.74, 6) is -0.0522. The van der Waals surface area contributed by atoms with Crippen LogP contribution in [-0.2, 0) is 10.3 Å². The van der Waals surface area contributed by atoms with Gasteiger partial charge in [0.05, 0.1) is 5.56 Å². The van der Waals surface area contributed by atoms with Gasteiger partial charge < -0.3 is 14.9 Å². The summed E-state index contributed by atoms with van der Waals surface area (Å²) in [7, 11) is 0. The van der Waals surface area contributed by atoms with Crippen molar-refractivity contribution in [2.75, 3.05) is 0 Å². The van der Waals surface area contributed by atoms with Crippen molar-refractivity contribution >= 4 is 5.97 Å². The number of benzene rings is 3. The maximum atomic E-state index is 12.6. The lowest BCUT2D eigenvalue weighted by Crippen LogP contribution is -2.30. The molecule has 1 aliphatic rings. The maximum absolute atomic E-state index is 12.6. The molecule has 0 fully saturated rings. The summed E-state index contributed by atoms with van der Waals surface area (Å²) < 4.78 is 6.00. The first-order chi connectivity index (χ1) is 12.4. The van der Waals surface area contributed by atoms with Gasteiger partial charge in [-0.3, -0.25) is 0 Å². The van der Waals surface area contributed by atoms with Crippen molar-refractivity contribution in [2.45, 2.75) is 19.4 Å². The van der Waals surface area contributed by atoms with Crippen molar-refractivity contribution in [1.82, 2.24) is 0 Å². The number of phenols is 2. The highest BCUT2D eigenvalue weighted by atomic mass is 16.6. The van der Waals surface area contributed by atoms with E-state index in [9.17, 15) is 15.0 Å². The summed E-state index contributed by atoms with van der Waals surface area (Å²) in [5.41, 5.74) is 3.18. The molecule has 0 radical (unpaired) electrons. The second-order valence-corrected chi connectivity index (χ2v) is 6.62. The van der Waals surface area contributed by atoms with E-state index in [0.29, 0.717) is 11.1 Å². The molecule has 4 heteroatoms. The van der Waals surface area contributed by atoms with Gasteiger partial charge in [0, 0.05) is 16.7 Å². The van der Waals surface area contributed by atoms with E-state index in [0.717, 1.165) is 22.3 Å². The van der Waals surface area contributed by atoms with Crippen molar-refractivity contribution < 1.29 is 19.7 Å². The molecule has 26 heavy (non-hydrogen) atoms. The average Bonchev–Trinajstić information content (AvgIpc) is 2.91. The van der Waals surface area contributed by atoms with E-state index in [2.05, 4.69) is 0 Å². The van der Waals surface area contributed by atoms with Crippen molar-refractivity contribution in [3.05, 3.63) is 94.0 Å². The number of phenolic OH excluding ortho intramolecular Hbond substituents is 2. The van der Waals surface area contributed by atoms with Crippen LogP contribution in [0.1, 0.15) is 38.2 Å². The number of rotatable bonds is 2. The van der Waals surface area contributed by atoms with Gasteiger partial charge in [-0.25, -0.2) is 4.79 Å². The molecule has 0 bridgehead atoms. The minimum atomic E-state index is -1.12. The lowest BCUT2D eigenvalue weighted by Gasteiger charge is -2.32. The molecule has 3 aromatic rings. The first kappa shape index (κ1) is 16.2. The van der Waals surface area contributed by atoms with Crippen LogP contribution in [0.5, 0.6) is 11.5 Å². The van der Waals surface area contributed by atoms with E-state index >= 15 is 0 Å². The van der Waals surface area contributed by atoms with Gasteiger partial charge in [0.25, 0.3) is 0 Å². The summed E-state index contributed by atoms with van der Waals surface area (Å²) in [5, 5.41) is 19.8. The largest absolute Gasteiger partial charge is 0.508 e. The second kappa shape index (κ2) is 5.63. The molecule has 4 rings (SSSR count). The normalized spacial score (nSPS) is 18.5. The van der Waals surface area contributed by atoms with Gasteiger partial charge >= 0.3 is 5.97 Å². The molecule has 0 spiro atoms. The standard InChI is InChI=1S/C22H18O4/c1-13-12-16(23)8-9-18(13)22(15-7-10-20(24)14(2)11-15)19-6-4-3-5-17(19)21(25)26-22/h3-12,23-24H,1-2H3. The molecule has 1 heterocycles. The lowest BCUT2D eigenvalue weighted by molar-refractivity contribution is 0.0249. The zero-order valence-electron chi connectivity index (χ0n) is 14.5. The molecule has 1 aliphatic heterocycles. The number of carbonyl (C=O) groups excluding carboxylic acids is 1. The SMILES string of the molecule is Cc1cc(C2(c3ccc(O)cc3C)OC(=O)c3ccccc32)ccc1O. The first-order valence-corrected chi connectivity index (χ1v) is 8.36. The molecule has 0 saturated heterocycles. The Labute approximate surface area is 151 Å². The molecule has 0 aromatic heterocycles. The van der Waals surface area contributed by atoms with Crippen LogP contribution in [0.4, 0.5) is 0 Å². The quantitative estimate of drug-likeness (QED) is 0.683. The number of cyclic esters (lactones) is 1. The highest BCUT2D eigenvalue weighted by molar-refractivity contribution is 5.96. The lowest BCUT2D eigenvalue weighted by atomic mass is 9.78. The monoisotopic (exact) mass is 346 g/mol. The van der Waals surface area contributed by atoms with E-state index in [4.69, 9.17) is 4.74 Å². The van der Waals surface area contributed by atoms with Gasteiger partial charge in [0.2, 0.25) is 0 Å². The highest BCUT2D eigenvalue weighted by Crippen LogP contribution is 2.48. The van der Waals surface area contributed by atoms with E-state index in [1.165, 1.54) is 0 Å². The molecule has 1 atom stereocenters. The Hall–Kier alpha value is -3.27. The average molecular weight is 346 g/mol. The molecule has 4 nitrogen and oxygen atoms in total. The number of aromatic hydroxyl groups is 2. The fourth-order valence-electron chi connectivity index (χ4n) is 3.70. The molecule has 0 saturated carbocycles. The summed E-state index contributed by atoms with van der Waals surface area (Å²) in [4.78, 5) is 12.6. The van der Waals surface area contributed by atoms with Gasteiger partial charge in [-0.05, 0) is 55.3 Å². The van der Waals surface area contributed by atoms with Gasteiger partial charge in [-0.2, -0.15) is 0 Å². The van der Waals surface area contributed by atoms with Crippen molar-refractivity contribution in [3.8, 4) is 11.5 Å². The number of hydrogen-bond donors (Lipinski definition) is 2. The van der Waals surface area contributed by atoms with Crippen LogP contribution in [0.3, 0.4) is 0 Å². The van der Waals surface area contributed by atoms with Gasteiger partial charge in [0.1, 0.15) is 11.5 Å². The number of aryl methyl sites for hydroxylation is 2. The van der Waals surface area contributed by atoms with E-state index in [1.807, 2.05) is 31.2 Å². The number of hydrogen-bond acceptors (Lipinski definition) is 4. The van der Waals surface area contributed by atoms with Gasteiger partial charge in [0.15, 0.2) is 5.60 Å². The number of carbonyl (C=O) groups is 1. The van der Waals surface area contributed by atoms with Crippen molar-refractivity contribution in [2.24, 2.45) is 0 Å². The van der Waals surface area contributed by atoms with Crippen LogP contribution >= 0.6 is 0 Å². The first-order valence-electron chi connectivity index (χ1n) is 8.36. The van der Waals surface area contributed by atoms with Crippen molar-refractivity contribution in [3.63, 3.8) is 0 Å².